The summed E-state index contributed by atoms with van der Waals surface area (Å²) >= 11 is 5.85. The Kier molecular flexibility index (Phi) is 7.91. The molecular weight excluding hydrogens is 424 g/mol. The van der Waals surface area contributed by atoms with Crippen LogP contribution in [0.5, 0.6) is 0 Å². The number of hydrogen-bond acceptors (Lipinski definition) is 8. The van der Waals surface area contributed by atoms with Crippen LogP contribution in [0.25, 0.3) is 0 Å². The minimum absolute atomic E-state index is 0.150. The van der Waals surface area contributed by atoms with Gasteiger partial charge in [-0.05, 0) is 25.0 Å². The minimum atomic E-state index is -0.452. The van der Waals surface area contributed by atoms with Gasteiger partial charge in [0.25, 0.3) is 5.70 Å². The highest BCUT2D eigenvalue weighted by molar-refractivity contribution is 6.29. The van der Waals surface area contributed by atoms with E-state index < -0.39 is 6.09 Å². The number of amides is 1. The summed E-state index contributed by atoms with van der Waals surface area (Å²) in [6.07, 6.45) is 3.13. The summed E-state index contributed by atoms with van der Waals surface area (Å²) in [5.74, 6) is 0.654. The average molecular weight is 453 g/mol. The zero-order valence-electron chi connectivity index (χ0n) is 17.9. The second kappa shape index (κ2) is 10.6. The number of ether oxygens (including phenoxy) is 1. The van der Waals surface area contributed by atoms with Crippen LogP contribution in [-0.2, 0) is 11.3 Å². The highest BCUT2D eigenvalue weighted by Crippen LogP contribution is 2.29. The molecule has 0 spiro atoms. The molecule has 0 bridgehead atoms. The lowest BCUT2D eigenvalue weighted by Crippen LogP contribution is -2.50. The first kappa shape index (κ1) is 23.1. The number of rotatable bonds is 9. The van der Waals surface area contributed by atoms with Crippen molar-refractivity contribution in [3.63, 3.8) is 0 Å². The van der Waals surface area contributed by atoms with Crippen LogP contribution in [0.1, 0.15) is 32.3 Å². The van der Waals surface area contributed by atoms with Gasteiger partial charge in [-0.1, -0.05) is 31.0 Å². The number of fused-ring (bicyclic) bond motifs is 1. The first-order valence-electron chi connectivity index (χ1n) is 10.5. The third kappa shape index (κ3) is 5.98. The van der Waals surface area contributed by atoms with E-state index in [2.05, 4.69) is 10.3 Å². The van der Waals surface area contributed by atoms with Gasteiger partial charge in [0.05, 0.1) is 18.1 Å². The van der Waals surface area contributed by atoms with E-state index in [1.165, 1.54) is 0 Å². The first-order valence-corrected chi connectivity index (χ1v) is 10.9. The van der Waals surface area contributed by atoms with Crippen LogP contribution in [0.3, 0.4) is 0 Å². The topological polar surface area (TPSA) is 104 Å². The minimum Gasteiger partial charge on any atom is -0.448 e. The molecule has 1 fully saturated rings. The van der Waals surface area contributed by atoms with E-state index in [4.69, 9.17) is 16.3 Å². The Bertz CT molecular complexity index is 818. The Morgan fingerprint density at radius 3 is 2.90 bits per heavy atom. The summed E-state index contributed by atoms with van der Waals surface area (Å²) in [6.45, 7) is 7.36. The molecule has 0 aliphatic carbocycles. The van der Waals surface area contributed by atoms with Gasteiger partial charge in [-0.3, -0.25) is 15.0 Å². The maximum absolute atomic E-state index is 11.9. The predicted molar refractivity (Wildman–Crippen MR) is 116 cm³/mol. The zero-order chi connectivity index (χ0) is 22.4. The number of nitrogens with one attached hydrogen (secondary N) is 1. The van der Waals surface area contributed by atoms with Gasteiger partial charge < -0.3 is 19.9 Å². The molecule has 31 heavy (non-hydrogen) atoms. The molecule has 0 saturated carbocycles. The van der Waals surface area contributed by atoms with Crippen LogP contribution in [0, 0.1) is 10.1 Å². The molecule has 0 radical (unpaired) electrons. The van der Waals surface area contributed by atoms with Crippen LogP contribution < -0.4 is 5.32 Å². The number of unbranched alkanes of at least 4 members (excludes halogenated alkanes) is 1. The van der Waals surface area contributed by atoms with Crippen LogP contribution >= 0.6 is 11.6 Å². The summed E-state index contributed by atoms with van der Waals surface area (Å²) in [4.78, 5) is 33.4. The Balaban J connectivity index is 1.64. The van der Waals surface area contributed by atoms with Gasteiger partial charge in [-0.2, -0.15) is 0 Å². The Hall–Kier alpha value is -2.59. The second-order valence-corrected chi connectivity index (χ2v) is 8.20. The molecular formula is C20H29ClN6O4. The van der Waals surface area contributed by atoms with Crippen molar-refractivity contribution >= 4 is 17.7 Å². The number of alkyl carbamates (subject to hydrolysis) is 1. The summed E-state index contributed by atoms with van der Waals surface area (Å²) < 4.78 is 5.30. The molecule has 11 heteroatoms. The van der Waals surface area contributed by atoms with Crippen molar-refractivity contribution in [3.05, 3.63) is 50.7 Å². The number of halogens is 1. The fourth-order valence-electron chi connectivity index (χ4n) is 3.72. The molecule has 3 heterocycles. The Labute approximate surface area is 186 Å². The van der Waals surface area contributed by atoms with Crippen molar-refractivity contribution in [1.29, 1.82) is 0 Å². The van der Waals surface area contributed by atoms with Crippen LogP contribution in [0.15, 0.2) is 29.8 Å². The first-order chi connectivity index (χ1) is 14.9. The average Bonchev–Trinajstić information content (AvgIpc) is 3.15. The number of pyridine rings is 1. The van der Waals surface area contributed by atoms with E-state index in [1.807, 2.05) is 34.6 Å². The fraction of sp³-hybridized carbons (Fsp3) is 0.600. The largest absolute Gasteiger partial charge is 0.448 e. The number of nitro groups is 1. The molecule has 3 rings (SSSR count). The molecule has 1 aromatic rings. The van der Waals surface area contributed by atoms with Crippen molar-refractivity contribution in [2.24, 2.45) is 0 Å². The molecule has 10 nitrogen and oxygen atoms in total. The number of carbonyl (C=O) groups excluding carboxylic acids is 1. The molecule has 0 aromatic carbocycles. The maximum Gasteiger partial charge on any atom is 0.407 e. The highest BCUT2D eigenvalue weighted by Gasteiger charge is 2.40. The number of hydrogen-bond donors (Lipinski definition) is 1. The SMILES string of the molecule is CCCCNC(=O)OCC(C)N1CC([N+](=O)[O-])=C2N(Cc3ccc(Cl)nc3)CCN2C1. The van der Waals surface area contributed by atoms with Gasteiger partial charge in [0.2, 0.25) is 0 Å². The van der Waals surface area contributed by atoms with E-state index in [-0.39, 0.29) is 29.8 Å². The van der Waals surface area contributed by atoms with Crippen LogP contribution in [-0.4, -0.2) is 76.2 Å². The highest BCUT2D eigenvalue weighted by atomic mass is 35.5. The van der Waals surface area contributed by atoms with Crippen molar-refractivity contribution in [2.75, 3.05) is 39.5 Å². The normalized spacial score (nSPS) is 17.5. The van der Waals surface area contributed by atoms with Gasteiger partial charge >= 0.3 is 6.09 Å². The molecule has 2 aliphatic rings. The van der Waals surface area contributed by atoms with Gasteiger partial charge in [0, 0.05) is 38.4 Å². The smallest absolute Gasteiger partial charge is 0.407 e. The van der Waals surface area contributed by atoms with Crippen molar-refractivity contribution in [3.8, 4) is 0 Å². The Morgan fingerprint density at radius 1 is 1.42 bits per heavy atom. The lowest BCUT2D eigenvalue weighted by Gasteiger charge is -2.37. The van der Waals surface area contributed by atoms with Gasteiger partial charge in [0.1, 0.15) is 11.8 Å². The maximum atomic E-state index is 11.9. The van der Waals surface area contributed by atoms with Gasteiger partial charge in [-0.15, -0.1) is 0 Å². The van der Waals surface area contributed by atoms with E-state index in [0.717, 1.165) is 18.4 Å². The summed E-state index contributed by atoms with van der Waals surface area (Å²) in [7, 11) is 0. The molecule has 1 saturated heterocycles. The second-order valence-electron chi connectivity index (χ2n) is 7.82. The quantitative estimate of drug-likeness (QED) is 0.264. The number of nitrogens with zero attached hydrogens (tertiary/aromatic N) is 5. The van der Waals surface area contributed by atoms with Gasteiger partial charge in [0.15, 0.2) is 5.82 Å². The third-order valence-corrected chi connectivity index (χ3v) is 5.69. The van der Waals surface area contributed by atoms with E-state index >= 15 is 0 Å². The summed E-state index contributed by atoms with van der Waals surface area (Å²) in [6, 6.07) is 3.45. The number of aromatic nitrogens is 1. The van der Waals surface area contributed by atoms with Crippen molar-refractivity contribution < 1.29 is 14.5 Å². The van der Waals surface area contributed by atoms with Crippen molar-refractivity contribution in [2.45, 2.75) is 39.3 Å². The molecule has 2 aliphatic heterocycles. The molecule has 1 atom stereocenters. The third-order valence-electron chi connectivity index (χ3n) is 5.46. The number of carbonyl (C=O) groups is 1. The molecule has 1 unspecified atom stereocenters. The lowest BCUT2D eigenvalue weighted by molar-refractivity contribution is -0.433. The molecule has 1 aromatic heterocycles. The zero-order valence-corrected chi connectivity index (χ0v) is 18.7. The van der Waals surface area contributed by atoms with Gasteiger partial charge in [-0.25, -0.2) is 9.78 Å². The van der Waals surface area contributed by atoms with Crippen molar-refractivity contribution in [1.82, 2.24) is 25.0 Å². The molecule has 1 amide bonds. The predicted octanol–water partition coefficient (Wildman–Crippen LogP) is 2.49. The molecule has 170 valence electrons. The summed E-state index contributed by atoms with van der Waals surface area (Å²) in [5, 5.41) is 15.0. The molecule has 1 N–H and O–H groups in total. The van der Waals surface area contributed by atoms with Crippen LogP contribution in [0.2, 0.25) is 5.15 Å². The standard InChI is InChI=1S/C20H29ClN6O4/c1-3-4-7-22-20(28)31-13-15(2)26-12-17(27(29)30)19-24(8-9-25(19)14-26)11-16-5-6-18(21)23-10-16/h5-6,10,15H,3-4,7-9,11-14H2,1-2H3,(H,22,28). The summed E-state index contributed by atoms with van der Waals surface area (Å²) in [5.41, 5.74) is 1.10. The monoisotopic (exact) mass is 452 g/mol. The van der Waals surface area contributed by atoms with E-state index in [0.29, 0.717) is 43.8 Å². The Morgan fingerprint density at radius 2 is 2.23 bits per heavy atom. The van der Waals surface area contributed by atoms with Crippen LogP contribution in [0.4, 0.5) is 4.79 Å². The fourth-order valence-corrected chi connectivity index (χ4v) is 3.83. The van der Waals surface area contributed by atoms with E-state index in [9.17, 15) is 14.9 Å². The van der Waals surface area contributed by atoms with E-state index in [1.54, 1.807) is 12.3 Å². The lowest BCUT2D eigenvalue weighted by atomic mass is 10.2.